The van der Waals surface area contributed by atoms with E-state index in [1.807, 2.05) is 4.90 Å². The minimum Gasteiger partial charge on any atom is -0.368 e. The summed E-state index contributed by atoms with van der Waals surface area (Å²) < 4.78 is 0. The Balaban J connectivity index is 1.63. The van der Waals surface area contributed by atoms with Gasteiger partial charge in [-0.25, -0.2) is 0 Å². The number of rotatable bonds is 3. The van der Waals surface area contributed by atoms with Crippen molar-refractivity contribution in [1.29, 1.82) is 0 Å². The number of carbonyl (C=O) groups is 1. The van der Waals surface area contributed by atoms with E-state index in [1.165, 1.54) is 11.3 Å². The minimum atomic E-state index is 0.166. The van der Waals surface area contributed by atoms with Gasteiger partial charge in [-0.2, -0.15) is 0 Å². The quantitative estimate of drug-likeness (QED) is 0.866. The lowest BCUT2D eigenvalue weighted by molar-refractivity contribution is -0.129. The molecule has 2 aliphatic heterocycles. The highest BCUT2D eigenvalue weighted by Gasteiger charge is 2.20. The summed E-state index contributed by atoms with van der Waals surface area (Å²) in [5.41, 5.74) is 2.50. The fourth-order valence-corrected chi connectivity index (χ4v) is 3.07. The van der Waals surface area contributed by atoms with Crippen LogP contribution < -0.4 is 15.5 Å². The molecule has 2 heterocycles. The van der Waals surface area contributed by atoms with E-state index in [-0.39, 0.29) is 5.91 Å². The number of guanidine groups is 1. The summed E-state index contributed by atoms with van der Waals surface area (Å²) in [6, 6.07) is 8.86. The Morgan fingerprint density at radius 3 is 2.70 bits per heavy atom. The third-order valence-electron chi connectivity index (χ3n) is 4.41. The molecule has 1 aromatic carbocycles. The Hall–Kier alpha value is -2.24. The van der Waals surface area contributed by atoms with Gasteiger partial charge in [0.25, 0.3) is 0 Å². The van der Waals surface area contributed by atoms with Gasteiger partial charge in [0.2, 0.25) is 5.91 Å². The van der Waals surface area contributed by atoms with Crippen molar-refractivity contribution in [3.8, 4) is 0 Å². The lowest BCUT2D eigenvalue weighted by Gasteiger charge is -2.36. The number of para-hydroxylation sites is 1. The summed E-state index contributed by atoms with van der Waals surface area (Å²) in [5, 5.41) is 6.70. The van der Waals surface area contributed by atoms with E-state index in [0.29, 0.717) is 6.04 Å². The number of amides is 1. The molecule has 0 aliphatic carbocycles. The predicted molar refractivity (Wildman–Crippen MR) is 92.6 cm³/mol. The molecule has 23 heavy (non-hydrogen) atoms. The maximum absolute atomic E-state index is 11.5. The summed E-state index contributed by atoms with van der Waals surface area (Å²) >= 11 is 0. The van der Waals surface area contributed by atoms with Crippen molar-refractivity contribution in [2.45, 2.75) is 26.4 Å². The molecule has 1 saturated heterocycles. The van der Waals surface area contributed by atoms with Crippen LogP contribution in [0.25, 0.3) is 0 Å². The Morgan fingerprint density at radius 1 is 1.30 bits per heavy atom. The molecule has 0 aromatic heterocycles. The highest BCUT2D eigenvalue weighted by Crippen LogP contribution is 2.22. The van der Waals surface area contributed by atoms with Crippen LogP contribution in [0.2, 0.25) is 0 Å². The Morgan fingerprint density at radius 2 is 2.04 bits per heavy atom. The van der Waals surface area contributed by atoms with Crippen LogP contribution in [0.15, 0.2) is 29.3 Å². The average Bonchev–Trinajstić information content (AvgIpc) is 2.99. The molecule has 0 spiro atoms. The van der Waals surface area contributed by atoms with Crippen LogP contribution in [0.5, 0.6) is 0 Å². The second-order valence-electron chi connectivity index (χ2n) is 6.21. The van der Waals surface area contributed by atoms with Crippen LogP contribution in [0.4, 0.5) is 5.69 Å². The van der Waals surface area contributed by atoms with Gasteiger partial charge in [0.15, 0.2) is 5.96 Å². The van der Waals surface area contributed by atoms with Crippen LogP contribution in [-0.4, -0.2) is 55.5 Å². The van der Waals surface area contributed by atoms with E-state index in [2.05, 4.69) is 51.7 Å². The summed E-state index contributed by atoms with van der Waals surface area (Å²) in [7, 11) is 0. The molecular weight excluding hydrogens is 290 g/mol. The molecule has 0 saturated carbocycles. The molecule has 6 nitrogen and oxygen atoms in total. The van der Waals surface area contributed by atoms with Crippen molar-refractivity contribution >= 4 is 17.6 Å². The summed E-state index contributed by atoms with van der Waals surface area (Å²) in [6.07, 6.45) is 0. The third-order valence-corrected chi connectivity index (χ3v) is 4.41. The number of aliphatic imine (C=N–C) groups is 1. The smallest absolute Gasteiger partial charge is 0.219 e. The SMILES string of the molecule is CC(=O)N1CCN(c2ccccc2CNC2=NCC(C)N2)CC1. The zero-order valence-corrected chi connectivity index (χ0v) is 13.9. The standard InChI is InChI=1S/C17H25N5O/c1-13-11-18-17(20-13)19-12-15-5-3-4-6-16(15)22-9-7-21(8-10-22)14(2)23/h3-6,13H,7-12H2,1-2H3,(H2,18,19,20). The molecule has 1 amide bonds. The average molecular weight is 315 g/mol. The van der Waals surface area contributed by atoms with Gasteiger partial charge in [-0.1, -0.05) is 18.2 Å². The maximum atomic E-state index is 11.5. The second kappa shape index (κ2) is 6.89. The number of hydrogen-bond acceptors (Lipinski definition) is 5. The molecule has 0 bridgehead atoms. The van der Waals surface area contributed by atoms with Crippen LogP contribution in [-0.2, 0) is 11.3 Å². The number of benzene rings is 1. The fraction of sp³-hybridized carbons (Fsp3) is 0.529. The number of carbonyl (C=O) groups excluding carboxylic acids is 1. The minimum absolute atomic E-state index is 0.166. The first-order chi connectivity index (χ1) is 11.1. The fourth-order valence-electron chi connectivity index (χ4n) is 3.07. The Labute approximate surface area is 137 Å². The number of anilines is 1. The van der Waals surface area contributed by atoms with Crippen molar-refractivity contribution in [2.24, 2.45) is 4.99 Å². The lowest BCUT2D eigenvalue weighted by Crippen LogP contribution is -2.48. The Bertz CT molecular complexity index is 592. The number of piperazine rings is 1. The second-order valence-corrected chi connectivity index (χ2v) is 6.21. The van der Waals surface area contributed by atoms with Gasteiger partial charge >= 0.3 is 0 Å². The van der Waals surface area contributed by atoms with Crippen molar-refractivity contribution in [3.63, 3.8) is 0 Å². The van der Waals surface area contributed by atoms with E-state index in [4.69, 9.17) is 0 Å². The van der Waals surface area contributed by atoms with Gasteiger partial charge in [-0.15, -0.1) is 0 Å². The van der Waals surface area contributed by atoms with E-state index in [1.54, 1.807) is 6.92 Å². The molecule has 1 fully saturated rings. The van der Waals surface area contributed by atoms with E-state index >= 15 is 0 Å². The van der Waals surface area contributed by atoms with E-state index < -0.39 is 0 Å². The van der Waals surface area contributed by atoms with Crippen molar-refractivity contribution < 1.29 is 4.79 Å². The van der Waals surface area contributed by atoms with E-state index in [9.17, 15) is 4.79 Å². The number of nitrogens with zero attached hydrogens (tertiary/aromatic N) is 3. The largest absolute Gasteiger partial charge is 0.368 e. The topological polar surface area (TPSA) is 60.0 Å². The lowest BCUT2D eigenvalue weighted by atomic mass is 10.1. The van der Waals surface area contributed by atoms with Gasteiger partial charge in [-0.3, -0.25) is 9.79 Å². The molecule has 2 N–H and O–H groups in total. The van der Waals surface area contributed by atoms with Crippen molar-refractivity contribution in [2.75, 3.05) is 37.6 Å². The molecule has 0 radical (unpaired) electrons. The number of nitrogens with one attached hydrogen (secondary N) is 2. The van der Waals surface area contributed by atoms with Gasteiger partial charge in [0.05, 0.1) is 6.54 Å². The van der Waals surface area contributed by atoms with Crippen LogP contribution >= 0.6 is 0 Å². The van der Waals surface area contributed by atoms with Gasteiger partial charge in [0.1, 0.15) is 0 Å². The third kappa shape index (κ3) is 3.75. The van der Waals surface area contributed by atoms with Crippen molar-refractivity contribution in [1.82, 2.24) is 15.5 Å². The summed E-state index contributed by atoms with van der Waals surface area (Å²) in [4.78, 5) is 20.2. The highest BCUT2D eigenvalue weighted by atomic mass is 16.2. The molecule has 3 rings (SSSR count). The molecule has 6 heteroatoms. The monoisotopic (exact) mass is 315 g/mol. The summed E-state index contributed by atoms with van der Waals surface area (Å²) in [6.45, 7) is 8.70. The molecule has 1 atom stereocenters. The molecule has 1 unspecified atom stereocenters. The molecule has 1 aromatic rings. The predicted octanol–water partition coefficient (Wildman–Crippen LogP) is 0.792. The van der Waals surface area contributed by atoms with Gasteiger partial charge in [-0.05, 0) is 18.6 Å². The molecular formula is C17H25N5O. The Kier molecular flexibility index (Phi) is 4.69. The molecule has 2 aliphatic rings. The van der Waals surface area contributed by atoms with Crippen molar-refractivity contribution in [3.05, 3.63) is 29.8 Å². The van der Waals surface area contributed by atoms with Crippen LogP contribution in [0.3, 0.4) is 0 Å². The first kappa shape index (κ1) is 15.6. The highest BCUT2D eigenvalue weighted by molar-refractivity contribution is 5.81. The molecule has 124 valence electrons. The normalized spacial score (nSPS) is 21.0. The van der Waals surface area contributed by atoms with Crippen LogP contribution in [0, 0.1) is 0 Å². The summed E-state index contributed by atoms with van der Waals surface area (Å²) in [5.74, 6) is 1.05. The number of hydrogen-bond donors (Lipinski definition) is 2. The van der Waals surface area contributed by atoms with Crippen LogP contribution in [0.1, 0.15) is 19.4 Å². The van der Waals surface area contributed by atoms with Gasteiger partial charge < -0.3 is 20.4 Å². The zero-order chi connectivity index (χ0) is 16.2. The van der Waals surface area contributed by atoms with Gasteiger partial charge in [0, 0.05) is 51.4 Å². The first-order valence-electron chi connectivity index (χ1n) is 8.26. The maximum Gasteiger partial charge on any atom is 0.219 e. The first-order valence-corrected chi connectivity index (χ1v) is 8.26. The zero-order valence-electron chi connectivity index (χ0n) is 13.9. The van der Waals surface area contributed by atoms with E-state index in [0.717, 1.165) is 45.2 Å².